The maximum absolute atomic E-state index is 10.8. The molecule has 0 amide bonds. The first-order valence-electron chi connectivity index (χ1n) is 9.48. The zero-order valence-electron chi connectivity index (χ0n) is 16.8. The van der Waals surface area contributed by atoms with E-state index < -0.39 is 0 Å². The highest BCUT2D eigenvalue weighted by Gasteiger charge is 2.17. The van der Waals surface area contributed by atoms with Gasteiger partial charge in [-0.2, -0.15) is 0 Å². The van der Waals surface area contributed by atoms with Crippen LogP contribution in [0, 0.1) is 13.8 Å². The Morgan fingerprint density at radius 3 is 2.62 bits per heavy atom. The fourth-order valence-electron chi connectivity index (χ4n) is 2.92. The van der Waals surface area contributed by atoms with Crippen molar-refractivity contribution in [3.63, 3.8) is 0 Å². The number of benzene rings is 2. The van der Waals surface area contributed by atoms with Crippen LogP contribution < -0.4 is 4.74 Å². The largest absolute Gasteiger partial charge is 0.487 e. The number of ether oxygens (including phenoxy) is 1. The van der Waals surface area contributed by atoms with Crippen molar-refractivity contribution in [1.29, 1.82) is 0 Å². The molecule has 150 valence electrons. The molecule has 0 aliphatic rings. The normalized spacial score (nSPS) is 11.0. The minimum absolute atomic E-state index is 0.201. The van der Waals surface area contributed by atoms with E-state index >= 15 is 0 Å². The van der Waals surface area contributed by atoms with Gasteiger partial charge in [0.2, 0.25) is 0 Å². The Morgan fingerprint density at radius 2 is 1.90 bits per heavy atom. The van der Waals surface area contributed by atoms with Crippen molar-refractivity contribution < 1.29 is 18.9 Å². The Balaban J connectivity index is 1.87. The molecule has 0 N–H and O–H groups in total. The van der Waals surface area contributed by atoms with Gasteiger partial charge in [-0.15, -0.1) is 0 Å². The van der Waals surface area contributed by atoms with Crippen LogP contribution in [-0.4, -0.2) is 24.3 Å². The zero-order valence-corrected chi connectivity index (χ0v) is 16.8. The van der Waals surface area contributed by atoms with Gasteiger partial charge in [-0.25, -0.2) is 0 Å². The molecule has 0 radical (unpaired) electrons. The molecular weight excluding hydrogens is 368 g/mol. The summed E-state index contributed by atoms with van der Waals surface area (Å²) in [5.74, 6) is 1.28. The van der Waals surface area contributed by atoms with Gasteiger partial charge in [0.15, 0.2) is 5.76 Å². The van der Waals surface area contributed by atoms with Crippen molar-refractivity contribution in [2.24, 2.45) is 5.16 Å². The molecule has 0 aliphatic heterocycles. The van der Waals surface area contributed by atoms with E-state index in [1.54, 1.807) is 6.21 Å². The van der Waals surface area contributed by atoms with E-state index in [1.165, 1.54) is 0 Å². The minimum atomic E-state index is 0.201. The minimum Gasteiger partial charge on any atom is -0.487 e. The lowest BCUT2D eigenvalue weighted by Crippen LogP contribution is -2.01. The van der Waals surface area contributed by atoms with Crippen LogP contribution in [0.5, 0.6) is 5.75 Å². The number of aromatic nitrogens is 1. The van der Waals surface area contributed by atoms with E-state index in [2.05, 4.69) is 10.3 Å². The van der Waals surface area contributed by atoms with Crippen LogP contribution >= 0.6 is 0 Å². The van der Waals surface area contributed by atoms with E-state index in [0.29, 0.717) is 35.8 Å². The van der Waals surface area contributed by atoms with Crippen LogP contribution in [0.25, 0.3) is 11.3 Å². The highest BCUT2D eigenvalue weighted by atomic mass is 16.6. The number of carbonyl (C=O) groups is 1. The van der Waals surface area contributed by atoms with Gasteiger partial charge in [-0.3, -0.25) is 0 Å². The number of hydrogen-bond acceptors (Lipinski definition) is 6. The molecule has 0 unspecified atom stereocenters. The topological polar surface area (TPSA) is 73.9 Å². The summed E-state index contributed by atoms with van der Waals surface area (Å²) in [6.45, 7) is 6.53. The van der Waals surface area contributed by atoms with E-state index in [-0.39, 0.29) is 6.61 Å². The van der Waals surface area contributed by atoms with Crippen molar-refractivity contribution in [3.05, 3.63) is 70.4 Å². The maximum Gasteiger partial charge on any atom is 0.176 e. The van der Waals surface area contributed by atoms with Crippen molar-refractivity contribution in [2.45, 2.75) is 33.8 Å². The number of aldehydes is 1. The molecule has 0 saturated heterocycles. The number of hydrogen-bond donors (Lipinski definition) is 0. The van der Waals surface area contributed by atoms with Crippen molar-refractivity contribution in [1.82, 2.24) is 5.16 Å². The zero-order chi connectivity index (χ0) is 20.6. The fourth-order valence-corrected chi connectivity index (χ4v) is 2.92. The highest BCUT2D eigenvalue weighted by Crippen LogP contribution is 2.27. The summed E-state index contributed by atoms with van der Waals surface area (Å²) in [4.78, 5) is 15.9. The smallest absolute Gasteiger partial charge is 0.176 e. The van der Waals surface area contributed by atoms with Crippen molar-refractivity contribution in [2.75, 3.05) is 6.61 Å². The second-order valence-corrected chi connectivity index (χ2v) is 6.70. The molecule has 6 heteroatoms. The maximum atomic E-state index is 10.8. The number of rotatable bonds is 9. The molecule has 3 rings (SSSR count). The number of aryl methyl sites for hydroxylation is 2. The third kappa shape index (κ3) is 5.31. The first-order chi connectivity index (χ1) is 14.1. The van der Waals surface area contributed by atoms with Crippen LogP contribution in [0.4, 0.5) is 0 Å². The second kappa shape index (κ2) is 9.68. The van der Waals surface area contributed by atoms with Gasteiger partial charge in [0.25, 0.3) is 0 Å². The van der Waals surface area contributed by atoms with Crippen LogP contribution in [-0.2, 0) is 22.7 Å². The van der Waals surface area contributed by atoms with Crippen LogP contribution in [0.3, 0.4) is 0 Å². The summed E-state index contributed by atoms with van der Waals surface area (Å²) in [6, 6.07) is 13.7. The van der Waals surface area contributed by atoms with Gasteiger partial charge in [0.05, 0.1) is 11.8 Å². The lowest BCUT2D eigenvalue weighted by Gasteiger charge is -2.08. The van der Waals surface area contributed by atoms with Crippen molar-refractivity contribution in [3.8, 4) is 17.1 Å². The molecule has 0 aliphatic carbocycles. The lowest BCUT2D eigenvalue weighted by atomic mass is 10.1. The van der Waals surface area contributed by atoms with E-state index in [4.69, 9.17) is 14.1 Å². The Bertz CT molecular complexity index is 991. The quantitative estimate of drug-likeness (QED) is 0.301. The van der Waals surface area contributed by atoms with E-state index in [1.807, 2.05) is 63.2 Å². The molecule has 2 aromatic carbocycles. The van der Waals surface area contributed by atoms with Gasteiger partial charge in [0.1, 0.15) is 30.9 Å². The first-order valence-corrected chi connectivity index (χ1v) is 9.48. The van der Waals surface area contributed by atoms with Crippen molar-refractivity contribution >= 4 is 12.5 Å². The third-order valence-corrected chi connectivity index (χ3v) is 4.31. The Kier molecular flexibility index (Phi) is 6.79. The molecule has 0 bridgehead atoms. The molecule has 0 saturated carbocycles. The molecule has 0 fully saturated rings. The SMILES string of the molecule is CCO/N=C/c1c(COc2cc(C)cc(CC=O)c2)noc1-c1ccc(C)cc1. The summed E-state index contributed by atoms with van der Waals surface area (Å²) >= 11 is 0. The molecule has 1 heterocycles. The summed E-state index contributed by atoms with van der Waals surface area (Å²) in [5.41, 5.74) is 5.32. The third-order valence-electron chi connectivity index (χ3n) is 4.31. The summed E-state index contributed by atoms with van der Waals surface area (Å²) in [7, 11) is 0. The predicted molar refractivity (Wildman–Crippen MR) is 111 cm³/mol. The van der Waals surface area contributed by atoms with E-state index in [9.17, 15) is 4.79 Å². The number of carbonyl (C=O) groups excluding carboxylic acids is 1. The molecule has 6 nitrogen and oxygen atoms in total. The summed E-state index contributed by atoms with van der Waals surface area (Å²) in [6.07, 6.45) is 2.83. The lowest BCUT2D eigenvalue weighted by molar-refractivity contribution is -0.107. The van der Waals surface area contributed by atoms with Gasteiger partial charge >= 0.3 is 0 Å². The van der Waals surface area contributed by atoms with Crippen LogP contribution in [0.15, 0.2) is 52.1 Å². The predicted octanol–water partition coefficient (Wildman–Crippen LogP) is 4.65. The monoisotopic (exact) mass is 392 g/mol. The molecule has 3 aromatic rings. The Morgan fingerprint density at radius 1 is 1.10 bits per heavy atom. The van der Waals surface area contributed by atoms with Gasteiger partial charge < -0.3 is 18.9 Å². The number of nitrogens with zero attached hydrogens (tertiary/aromatic N) is 2. The molecular formula is C23H24N2O4. The average Bonchev–Trinajstić information content (AvgIpc) is 3.10. The van der Waals surface area contributed by atoms with E-state index in [0.717, 1.165) is 28.5 Å². The molecule has 29 heavy (non-hydrogen) atoms. The van der Waals surface area contributed by atoms with Gasteiger partial charge in [-0.1, -0.05) is 46.2 Å². The molecule has 1 aromatic heterocycles. The van der Waals surface area contributed by atoms with Crippen LogP contribution in [0.2, 0.25) is 0 Å². The standard InChI is InChI=1S/C23H24N2O4/c1-4-28-24-14-21-22(25-29-23(21)19-7-5-16(2)6-8-19)15-27-20-12-17(3)11-18(13-20)9-10-26/h5-8,10-14H,4,9,15H2,1-3H3/b24-14+. The van der Waals surface area contributed by atoms with Crippen LogP contribution in [0.1, 0.15) is 34.9 Å². The molecule has 0 spiro atoms. The average molecular weight is 392 g/mol. The Labute approximate surface area is 170 Å². The summed E-state index contributed by atoms with van der Waals surface area (Å²) < 4.78 is 11.5. The fraction of sp³-hybridized carbons (Fsp3) is 0.261. The highest BCUT2D eigenvalue weighted by molar-refractivity contribution is 5.89. The second-order valence-electron chi connectivity index (χ2n) is 6.70. The number of oxime groups is 1. The molecule has 0 atom stereocenters. The Hall–Kier alpha value is -3.41. The summed E-state index contributed by atoms with van der Waals surface area (Å²) in [5, 5.41) is 8.17. The van der Waals surface area contributed by atoms with Gasteiger partial charge in [0, 0.05) is 12.0 Å². The first kappa shape index (κ1) is 20.3. The van der Waals surface area contributed by atoms with Gasteiger partial charge in [-0.05, 0) is 44.0 Å².